The van der Waals surface area contributed by atoms with Crippen molar-refractivity contribution in [1.82, 2.24) is 9.13 Å². The number of fused-ring (bicyclic) bond motifs is 12. The zero-order valence-electron chi connectivity index (χ0n) is 36.2. The number of hydrogen-bond donors (Lipinski definition) is 0. The lowest BCUT2D eigenvalue weighted by Gasteiger charge is -2.23. The molecule has 2 heterocycles. The van der Waals surface area contributed by atoms with Gasteiger partial charge in [0, 0.05) is 38.3 Å². The van der Waals surface area contributed by atoms with Crippen LogP contribution in [0.1, 0.15) is 25.0 Å². The van der Waals surface area contributed by atoms with E-state index in [4.69, 9.17) is 0 Å². The van der Waals surface area contributed by atoms with E-state index in [1.807, 2.05) is 0 Å². The summed E-state index contributed by atoms with van der Waals surface area (Å²) in [5.74, 6) is 0. The van der Waals surface area contributed by atoms with Crippen molar-refractivity contribution in [3.05, 3.63) is 230 Å². The molecule has 0 aliphatic heterocycles. The molecule has 65 heavy (non-hydrogen) atoms. The minimum Gasteiger partial charge on any atom is -0.309 e. The molecule has 2 nitrogen and oxygen atoms in total. The van der Waals surface area contributed by atoms with Gasteiger partial charge in [-0.25, -0.2) is 0 Å². The molecule has 0 spiro atoms. The molecular formula is C63H42N2. The molecule has 1 aliphatic rings. The molecular weight excluding hydrogens is 785 g/mol. The number of benzene rings is 11. The summed E-state index contributed by atoms with van der Waals surface area (Å²) < 4.78 is 4.92. The predicted octanol–water partition coefficient (Wildman–Crippen LogP) is 17.0. The highest BCUT2D eigenvalue weighted by Gasteiger charge is 2.35. The lowest BCUT2D eigenvalue weighted by Crippen LogP contribution is -2.14. The number of nitrogens with zero attached hydrogens (tertiary/aromatic N) is 2. The SMILES string of the molecule is CC1(C)c2ccccc2-c2ccc(-c3c4ccc(-n5c6ccccc6c6ccccc65)cc4c(-c4ccc5ccccc5c4)c4ccc(-n5c6ccccc6c6ccccc65)cc34)cc21. The van der Waals surface area contributed by atoms with Crippen LogP contribution in [0.3, 0.4) is 0 Å². The zero-order chi connectivity index (χ0) is 43.0. The maximum atomic E-state index is 2.51. The van der Waals surface area contributed by atoms with Crippen LogP contribution in [0.2, 0.25) is 0 Å². The fraction of sp³-hybridized carbons (Fsp3) is 0.0476. The van der Waals surface area contributed by atoms with E-state index in [2.05, 4.69) is 241 Å². The van der Waals surface area contributed by atoms with Crippen molar-refractivity contribution in [2.24, 2.45) is 0 Å². The van der Waals surface area contributed by atoms with E-state index in [-0.39, 0.29) is 5.41 Å². The largest absolute Gasteiger partial charge is 0.309 e. The molecule has 11 aromatic carbocycles. The Morgan fingerprint density at radius 2 is 0.723 bits per heavy atom. The molecule has 304 valence electrons. The average Bonchev–Trinajstić information content (AvgIpc) is 3.96. The lowest BCUT2D eigenvalue weighted by atomic mass is 9.80. The third-order valence-electron chi connectivity index (χ3n) is 14.7. The van der Waals surface area contributed by atoms with Crippen molar-refractivity contribution in [2.75, 3.05) is 0 Å². The van der Waals surface area contributed by atoms with Gasteiger partial charge in [-0.2, -0.15) is 0 Å². The highest BCUT2D eigenvalue weighted by Crippen LogP contribution is 2.52. The Hall–Kier alpha value is -8.20. The topological polar surface area (TPSA) is 9.86 Å². The first-order valence-corrected chi connectivity index (χ1v) is 22.8. The summed E-state index contributed by atoms with van der Waals surface area (Å²) in [5, 5.41) is 12.4. The molecule has 0 saturated heterocycles. The summed E-state index contributed by atoms with van der Waals surface area (Å²) in [5.41, 5.74) is 17.3. The molecule has 0 saturated carbocycles. The monoisotopic (exact) mass is 826 g/mol. The van der Waals surface area contributed by atoms with Crippen LogP contribution >= 0.6 is 0 Å². The van der Waals surface area contributed by atoms with Crippen molar-refractivity contribution >= 4 is 75.9 Å². The van der Waals surface area contributed by atoms with Crippen LogP contribution < -0.4 is 0 Å². The second-order valence-corrected chi connectivity index (χ2v) is 18.4. The van der Waals surface area contributed by atoms with E-state index < -0.39 is 0 Å². The second-order valence-electron chi connectivity index (χ2n) is 18.4. The summed E-state index contributed by atoms with van der Waals surface area (Å²) in [6.45, 7) is 4.78. The van der Waals surface area contributed by atoms with Gasteiger partial charge >= 0.3 is 0 Å². The van der Waals surface area contributed by atoms with Gasteiger partial charge in [0.25, 0.3) is 0 Å². The maximum absolute atomic E-state index is 2.51. The predicted molar refractivity (Wildman–Crippen MR) is 276 cm³/mol. The summed E-state index contributed by atoms with van der Waals surface area (Å²) in [6.07, 6.45) is 0. The van der Waals surface area contributed by atoms with Crippen molar-refractivity contribution in [3.8, 4) is 44.8 Å². The summed E-state index contributed by atoms with van der Waals surface area (Å²) in [7, 11) is 0. The molecule has 0 N–H and O–H groups in total. The summed E-state index contributed by atoms with van der Waals surface area (Å²) in [4.78, 5) is 0. The second kappa shape index (κ2) is 13.4. The number of rotatable bonds is 4. The molecule has 0 bridgehead atoms. The van der Waals surface area contributed by atoms with Gasteiger partial charge in [-0.1, -0.05) is 172 Å². The van der Waals surface area contributed by atoms with Gasteiger partial charge in [0.15, 0.2) is 0 Å². The quantitative estimate of drug-likeness (QED) is 0.156. The van der Waals surface area contributed by atoms with Crippen molar-refractivity contribution in [1.29, 1.82) is 0 Å². The fourth-order valence-corrected chi connectivity index (χ4v) is 11.7. The first-order chi connectivity index (χ1) is 32.0. The number of hydrogen-bond acceptors (Lipinski definition) is 0. The lowest BCUT2D eigenvalue weighted by molar-refractivity contribution is 0.660. The van der Waals surface area contributed by atoms with Crippen LogP contribution in [0.15, 0.2) is 218 Å². The van der Waals surface area contributed by atoms with Gasteiger partial charge in [-0.15, -0.1) is 0 Å². The van der Waals surface area contributed by atoms with Crippen LogP contribution in [0.5, 0.6) is 0 Å². The molecule has 14 rings (SSSR count). The van der Waals surface area contributed by atoms with Gasteiger partial charge in [0.2, 0.25) is 0 Å². The van der Waals surface area contributed by atoms with Crippen molar-refractivity contribution in [3.63, 3.8) is 0 Å². The van der Waals surface area contributed by atoms with Crippen molar-refractivity contribution < 1.29 is 0 Å². The van der Waals surface area contributed by atoms with Gasteiger partial charge in [0.1, 0.15) is 0 Å². The number of para-hydroxylation sites is 4. The van der Waals surface area contributed by atoms with Crippen molar-refractivity contribution in [2.45, 2.75) is 19.3 Å². The fourth-order valence-electron chi connectivity index (χ4n) is 11.7. The van der Waals surface area contributed by atoms with Crippen LogP contribution in [0, 0.1) is 0 Å². The maximum Gasteiger partial charge on any atom is 0.0541 e. The van der Waals surface area contributed by atoms with Gasteiger partial charge in [-0.05, 0) is 137 Å². The smallest absolute Gasteiger partial charge is 0.0541 e. The van der Waals surface area contributed by atoms with Gasteiger partial charge in [-0.3, -0.25) is 0 Å². The molecule has 0 fully saturated rings. The summed E-state index contributed by atoms with van der Waals surface area (Å²) in [6, 6.07) is 81.8. The molecule has 2 heteroatoms. The normalized spacial score (nSPS) is 13.2. The van der Waals surface area contributed by atoms with E-state index >= 15 is 0 Å². The van der Waals surface area contributed by atoms with E-state index in [9.17, 15) is 0 Å². The first kappa shape index (κ1) is 36.3. The standard InChI is InChI=1S/C63H42N2/c1-63(2)55-22-10-5-17-45(55)46-32-29-42(36-56(46)63)62-52-34-31-43(64-57-23-11-6-18-47(57)48-19-7-12-24-58(48)64)37-53(52)61(41-28-27-39-15-3-4-16-40(39)35-41)51-33-30-44(38-54(51)62)65-59-25-13-8-20-49(59)50-21-9-14-26-60(50)65/h3-38H,1-2H3. The summed E-state index contributed by atoms with van der Waals surface area (Å²) >= 11 is 0. The van der Waals surface area contributed by atoms with E-state index in [1.54, 1.807) is 0 Å². The average molecular weight is 827 g/mol. The Labute approximate surface area is 376 Å². The highest BCUT2D eigenvalue weighted by atomic mass is 15.0. The van der Waals surface area contributed by atoms with Crippen LogP contribution in [-0.2, 0) is 5.41 Å². The molecule has 0 radical (unpaired) electrons. The highest BCUT2D eigenvalue weighted by molar-refractivity contribution is 6.23. The van der Waals surface area contributed by atoms with Gasteiger partial charge in [0.05, 0.1) is 22.1 Å². The van der Waals surface area contributed by atoms with E-state index in [0.717, 1.165) is 11.4 Å². The minimum absolute atomic E-state index is 0.142. The zero-order valence-corrected chi connectivity index (χ0v) is 36.2. The Kier molecular flexibility index (Phi) is 7.49. The molecule has 0 atom stereocenters. The Balaban J connectivity index is 1.14. The van der Waals surface area contributed by atoms with Crippen LogP contribution in [0.4, 0.5) is 0 Å². The van der Waals surface area contributed by atoms with Crippen LogP contribution in [0.25, 0.3) is 121 Å². The molecule has 1 aliphatic carbocycles. The van der Waals surface area contributed by atoms with E-state index in [0.29, 0.717) is 0 Å². The molecule has 2 aromatic heterocycles. The third-order valence-corrected chi connectivity index (χ3v) is 14.7. The Morgan fingerprint density at radius 3 is 1.28 bits per heavy atom. The third kappa shape index (κ3) is 5.11. The van der Waals surface area contributed by atoms with Crippen LogP contribution in [-0.4, -0.2) is 9.13 Å². The molecule has 13 aromatic rings. The van der Waals surface area contributed by atoms with E-state index in [1.165, 1.54) is 120 Å². The first-order valence-electron chi connectivity index (χ1n) is 22.8. The van der Waals surface area contributed by atoms with Gasteiger partial charge < -0.3 is 9.13 Å². The molecule has 0 amide bonds. The Morgan fingerprint density at radius 1 is 0.292 bits per heavy atom. The number of aromatic nitrogens is 2. The Bertz CT molecular complexity index is 4050. The minimum atomic E-state index is -0.142. The molecule has 0 unspecified atom stereocenters.